The fourth-order valence-corrected chi connectivity index (χ4v) is 5.66. The summed E-state index contributed by atoms with van der Waals surface area (Å²) >= 11 is 0. The number of rotatable bonds is 6. The van der Waals surface area contributed by atoms with Crippen molar-refractivity contribution in [2.45, 2.75) is 34.1 Å². The fraction of sp³-hybridized carbons (Fsp3) is 0.107. The maximum absolute atomic E-state index is 12.9. The van der Waals surface area contributed by atoms with E-state index < -0.39 is 11.6 Å². The molecule has 0 saturated carbocycles. The van der Waals surface area contributed by atoms with Gasteiger partial charge in [0.25, 0.3) is 0 Å². The van der Waals surface area contributed by atoms with Crippen LogP contribution in [-0.4, -0.2) is 11.1 Å². The zero-order chi connectivity index (χ0) is 22.6. The Morgan fingerprint density at radius 1 is 0.688 bits per heavy atom. The van der Waals surface area contributed by atoms with E-state index in [0.29, 0.717) is 11.1 Å². The van der Waals surface area contributed by atoms with Crippen LogP contribution in [0.4, 0.5) is 0 Å². The van der Waals surface area contributed by atoms with E-state index in [0.717, 1.165) is 4.90 Å². The number of hydrogen-bond donors (Lipinski definition) is 1. The van der Waals surface area contributed by atoms with Crippen LogP contribution in [0.15, 0.2) is 124 Å². The first kappa shape index (κ1) is 21.7. The lowest BCUT2D eigenvalue weighted by molar-refractivity contribution is -0.00394. The number of esters is 1. The molecule has 4 aromatic rings. The largest absolute Gasteiger partial charge is 0.508 e. The van der Waals surface area contributed by atoms with Crippen LogP contribution in [0.2, 0.25) is 0 Å². The molecule has 3 nitrogen and oxygen atoms in total. The molecule has 4 rings (SSSR count). The van der Waals surface area contributed by atoms with Gasteiger partial charge in [-0.1, -0.05) is 54.6 Å². The normalized spacial score (nSPS) is 11.3. The van der Waals surface area contributed by atoms with E-state index in [1.54, 1.807) is 32.0 Å². The summed E-state index contributed by atoms with van der Waals surface area (Å²) in [6, 6.07) is 35.3. The monoisotopic (exact) mass is 441 g/mol. The molecule has 0 aliphatic rings. The van der Waals surface area contributed by atoms with Crippen LogP contribution in [-0.2, 0) is 21.2 Å². The van der Waals surface area contributed by atoms with Crippen LogP contribution in [0.25, 0.3) is 0 Å². The van der Waals surface area contributed by atoms with Crippen molar-refractivity contribution in [3.8, 4) is 5.75 Å². The summed E-state index contributed by atoms with van der Waals surface area (Å²) in [7, 11) is -0.273. The zero-order valence-corrected chi connectivity index (χ0v) is 18.9. The van der Waals surface area contributed by atoms with Gasteiger partial charge < -0.3 is 9.84 Å². The quantitative estimate of drug-likeness (QED) is 0.272. The molecule has 1 N–H and O–H groups in total. The molecule has 0 spiro atoms. The number of benzene rings is 4. The second-order valence-corrected chi connectivity index (χ2v) is 9.90. The Balaban J connectivity index is 1.60. The van der Waals surface area contributed by atoms with E-state index in [9.17, 15) is 9.90 Å². The highest BCUT2D eigenvalue weighted by Crippen LogP contribution is 2.34. The average molecular weight is 442 g/mol. The SMILES string of the molecule is CC(C)(OC(=O)c1ccc([S+](c2ccccc2)c2ccccc2)cc1)c1ccccc1O. The van der Waals surface area contributed by atoms with Gasteiger partial charge in [-0.15, -0.1) is 0 Å². The van der Waals surface area contributed by atoms with E-state index in [1.807, 2.05) is 66.7 Å². The number of carbonyl (C=O) groups excluding carboxylic acids is 1. The highest BCUT2D eigenvalue weighted by atomic mass is 32.2. The van der Waals surface area contributed by atoms with E-state index in [4.69, 9.17) is 4.74 Å². The molecule has 0 saturated heterocycles. The number of phenols is 1. The van der Waals surface area contributed by atoms with Gasteiger partial charge in [-0.25, -0.2) is 4.79 Å². The molecule has 0 aliphatic carbocycles. The van der Waals surface area contributed by atoms with Crippen molar-refractivity contribution in [2.24, 2.45) is 0 Å². The number of aromatic hydroxyl groups is 1. The number of ether oxygens (including phenoxy) is 1. The van der Waals surface area contributed by atoms with E-state index in [1.165, 1.54) is 9.79 Å². The standard InChI is InChI=1S/C28H24O3S/c1-28(2,25-15-9-10-16-26(25)29)31-27(30)21-17-19-24(20-18-21)32(22-11-5-3-6-12-22)23-13-7-4-8-14-23/h3-20H,1-2H3/p+1. The number of phenolic OH excluding ortho intramolecular Hbond substituents is 1. The first-order valence-electron chi connectivity index (χ1n) is 10.4. The Kier molecular flexibility index (Phi) is 6.33. The van der Waals surface area contributed by atoms with E-state index >= 15 is 0 Å². The lowest BCUT2D eigenvalue weighted by Crippen LogP contribution is -2.25. The molecule has 0 unspecified atom stereocenters. The average Bonchev–Trinajstić information content (AvgIpc) is 2.81. The van der Waals surface area contributed by atoms with Crippen molar-refractivity contribution in [1.29, 1.82) is 0 Å². The molecule has 160 valence electrons. The smallest absolute Gasteiger partial charge is 0.339 e. The lowest BCUT2D eigenvalue weighted by atomic mass is 9.97. The fourth-order valence-electron chi connectivity index (χ4n) is 3.58. The Labute approximate surface area is 191 Å². The van der Waals surface area contributed by atoms with Gasteiger partial charge in [0.1, 0.15) is 11.4 Å². The van der Waals surface area contributed by atoms with E-state index in [2.05, 4.69) is 24.3 Å². The highest BCUT2D eigenvalue weighted by Gasteiger charge is 2.30. The van der Waals surface area contributed by atoms with Gasteiger partial charge in [0.15, 0.2) is 14.7 Å². The predicted molar refractivity (Wildman–Crippen MR) is 128 cm³/mol. The van der Waals surface area contributed by atoms with Crippen molar-refractivity contribution < 1.29 is 14.6 Å². The van der Waals surface area contributed by atoms with Gasteiger partial charge in [0, 0.05) is 5.56 Å². The molecule has 4 aromatic carbocycles. The highest BCUT2D eigenvalue weighted by molar-refractivity contribution is 7.97. The zero-order valence-electron chi connectivity index (χ0n) is 18.1. The summed E-state index contributed by atoms with van der Waals surface area (Å²) < 4.78 is 5.76. The van der Waals surface area contributed by atoms with Gasteiger partial charge in [-0.3, -0.25) is 0 Å². The minimum absolute atomic E-state index is 0.107. The maximum Gasteiger partial charge on any atom is 0.339 e. The summed E-state index contributed by atoms with van der Waals surface area (Å²) in [5.41, 5.74) is 0.0843. The first-order chi connectivity index (χ1) is 15.5. The minimum atomic E-state index is -0.959. The molecule has 0 fully saturated rings. The van der Waals surface area contributed by atoms with Gasteiger partial charge in [0.05, 0.1) is 16.5 Å². The van der Waals surface area contributed by atoms with Crippen LogP contribution in [0.5, 0.6) is 5.75 Å². The van der Waals surface area contributed by atoms with Crippen LogP contribution >= 0.6 is 0 Å². The molecule has 32 heavy (non-hydrogen) atoms. The number of para-hydroxylation sites is 1. The van der Waals surface area contributed by atoms with Gasteiger partial charge in [-0.2, -0.15) is 0 Å². The Hall–Kier alpha value is -3.50. The third kappa shape index (κ3) is 4.71. The third-order valence-corrected chi connectivity index (χ3v) is 7.41. The van der Waals surface area contributed by atoms with Gasteiger partial charge >= 0.3 is 5.97 Å². The van der Waals surface area contributed by atoms with Gasteiger partial charge in [-0.05, 0) is 68.4 Å². The molecule has 0 atom stereocenters. The maximum atomic E-state index is 12.9. The number of carbonyl (C=O) groups is 1. The van der Waals surface area contributed by atoms with Crippen molar-refractivity contribution in [2.75, 3.05) is 0 Å². The molecular weight excluding hydrogens is 416 g/mol. The molecule has 0 heterocycles. The molecule has 0 aromatic heterocycles. The Bertz CT molecular complexity index is 1150. The molecule has 4 heteroatoms. The second kappa shape index (κ2) is 9.33. The van der Waals surface area contributed by atoms with Crippen LogP contribution < -0.4 is 0 Å². The Morgan fingerprint density at radius 2 is 1.16 bits per heavy atom. The first-order valence-corrected chi connectivity index (χ1v) is 11.6. The van der Waals surface area contributed by atoms with Crippen LogP contribution in [0, 0.1) is 0 Å². The van der Waals surface area contributed by atoms with Gasteiger partial charge in [0.2, 0.25) is 0 Å². The topological polar surface area (TPSA) is 46.5 Å². The summed E-state index contributed by atoms with van der Waals surface area (Å²) in [4.78, 5) is 16.4. The molecule has 0 amide bonds. The van der Waals surface area contributed by atoms with Crippen molar-refractivity contribution in [3.05, 3.63) is 120 Å². The molecule has 0 radical (unpaired) electrons. The van der Waals surface area contributed by atoms with Crippen molar-refractivity contribution >= 4 is 16.9 Å². The lowest BCUT2D eigenvalue weighted by Gasteiger charge is -2.26. The Morgan fingerprint density at radius 3 is 1.69 bits per heavy atom. The summed E-state index contributed by atoms with van der Waals surface area (Å²) in [5.74, 6) is -0.320. The molecule has 0 bridgehead atoms. The summed E-state index contributed by atoms with van der Waals surface area (Å²) in [6.45, 7) is 3.55. The van der Waals surface area contributed by atoms with E-state index in [-0.39, 0.29) is 16.6 Å². The number of hydrogen-bond acceptors (Lipinski definition) is 3. The van der Waals surface area contributed by atoms with Crippen LogP contribution in [0.1, 0.15) is 29.8 Å². The molecular formula is C28H25O3S+. The minimum Gasteiger partial charge on any atom is -0.508 e. The molecule has 0 aliphatic heterocycles. The second-order valence-electron chi connectivity index (χ2n) is 7.87. The summed E-state index contributed by atoms with van der Waals surface area (Å²) in [6.07, 6.45) is 0. The van der Waals surface area contributed by atoms with Crippen molar-refractivity contribution in [1.82, 2.24) is 0 Å². The predicted octanol–water partition coefficient (Wildman–Crippen LogP) is 6.58. The third-order valence-electron chi connectivity index (χ3n) is 5.18. The van der Waals surface area contributed by atoms with Crippen LogP contribution in [0.3, 0.4) is 0 Å². The van der Waals surface area contributed by atoms with Crippen molar-refractivity contribution in [3.63, 3.8) is 0 Å². The summed E-state index contributed by atoms with van der Waals surface area (Å²) in [5, 5.41) is 10.2.